The van der Waals surface area contributed by atoms with Gasteiger partial charge in [0.25, 0.3) is 0 Å². The van der Waals surface area contributed by atoms with Gasteiger partial charge in [0, 0.05) is 5.92 Å². The Kier molecular flexibility index (Phi) is 7.58. The summed E-state index contributed by atoms with van der Waals surface area (Å²) in [5.41, 5.74) is 3.13. The van der Waals surface area contributed by atoms with Gasteiger partial charge in [-0.05, 0) is 73.1 Å². The molecule has 2 heteroatoms. The van der Waals surface area contributed by atoms with Crippen LogP contribution >= 0.6 is 0 Å². The number of aliphatic hydroxyl groups excluding tert-OH is 1. The van der Waals surface area contributed by atoms with Gasteiger partial charge in [0.1, 0.15) is 0 Å². The van der Waals surface area contributed by atoms with E-state index in [-0.39, 0.29) is 5.92 Å². The van der Waals surface area contributed by atoms with Crippen molar-refractivity contribution in [3.05, 3.63) is 34.9 Å². The Morgan fingerprint density at radius 3 is 1.95 bits per heavy atom. The quantitative estimate of drug-likeness (QED) is 0.674. The fraction of sp³-hybridized carbons (Fsp3) is 0.700. The van der Waals surface area contributed by atoms with Crippen LogP contribution in [0.5, 0.6) is 0 Å². The summed E-state index contributed by atoms with van der Waals surface area (Å²) in [6, 6.07) is 0. The zero-order valence-electron chi connectivity index (χ0n) is 15.0. The third-order valence-electron chi connectivity index (χ3n) is 4.69. The molecule has 0 amide bonds. The summed E-state index contributed by atoms with van der Waals surface area (Å²) in [7, 11) is 0. The lowest BCUT2D eigenvalue weighted by atomic mass is 9.81. The lowest BCUT2D eigenvalue weighted by Crippen LogP contribution is -2.38. The molecule has 0 spiro atoms. The van der Waals surface area contributed by atoms with Crippen LogP contribution in [0.1, 0.15) is 73.1 Å². The maximum atomic E-state index is 10.6. The predicted octanol–water partition coefficient (Wildman–Crippen LogP) is 4.93. The van der Waals surface area contributed by atoms with E-state index >= 15 is 0 Å². The van der Waals surface area contributed by atoms with Crippen LogP contribution in [0.25, 0.3) is 0 Å². The van der Waals surface area contributed by atoms with Crippen LogP contribution in [0.3, 0.4) is 0 Å². The van der Waals surface area contributed by atoms with E-state index in [1.807, 2.05) is 6.08 Å². The van der Waals surface area contributed by atoms with Gasteiger partial charge in [0.2, 0.25) is 0 Å². The lowest BCUT2D eigenvalue weighted by molar-refractivity contribution is -0.0345. The van der Waals surface area contributed by atoms with E-state index in [9.17, 15) is 10.2 Å². The SMILES string of the molecule is C/C1=C/C(O)[C@H](C(C)(C)O)CC/C(C)=C/CC/C(C)=C/CC1. The van der Waals surface area contributed by atoms with Crippen molar-refractivity contribution in [1.82, 2.24) is 0 Å². The van der Waals surface area contributed by atoms with Crippen molar-refractivity contribution < 1.29 is 10.2 Å². The maximum absolute atomic E-state index is 10.6. The van der Waals surface area contributed by atoms with Crippen molar-refractivity contribution in [3.63, 3.8) is 0 Å². The highest BCUT2D eigenvalue weighted by molar-refractivity contribution is 5.10. The molecule has 0 aromatic carbocycles. The minimum absolute atomic E-state index is 0.133. The van der Waals surface area contributed by atoms with Crippen molar-refractivity contribution >= 4 is 0 Å². The lowest BCUT2D eigenvalue weighted by Gasteiger charge is -2.32. The third kappa shape index (κ3) is 6.93. The molecule has 0 heterocycles. The van der Waals surface area contributed by atoms with Gasteiger partial charge in [-0.15, -0.1) is 0 Å². The molecule has 1 unspecified atom stereocenters. The van der Waals surface area contributed by atoms with Crippen LogP contribution in [-0.2, 0) is 0 Å². The van der Waals surface area contributed by atoms with E-state index < -0.39 is 11.7 Å². The molecular formula is C20H34O2. The Morgan fingerprint density at radius 1 is 0.909 bits per heavy atom. The first kappa shape index (κ1) is 19.2. The van der Waals surface area contributed by atoms with E-state index in [4.69, 9.17) is 0 Å². The monoisotopic (exact) mass is 306 g/mol. The van der Waals surface area contributed by atoms with Gasteiger partial charge in [-0.1, -0.05) is 34.9 Å². The minimum Gasteiger partial charge on any atom is -0.390 e. The highest BCUT2D eigenvalue weighted by Gasteiger charge is 2.31. The first-order chi connectivity index (χ1) is 10.2. The first-order valence-electron chi connectivity index (χ1n) is 8.59. The first-order valence-corrected chi connectivity index (χ1v) is 8.59. The highest BCUT2D eigenvalue weighted by atomic mass is 16.3. The highest BCUT2D eigenvalue weighted by Crippen LogP contribution is 2.29. The molecule has 0 saturated heterocycles. The van der Waals surface area contributed by atoms with E-state index in [0.717, 1.165) is 38.5 Å². The standard InChI is InChI=1S/C20H34O2/c1-15-8-6-10-16(2)12-13-18(20(4,5)22)19(21)14-17(3)11-7-9-15/h9-10,14,18-19,21-22H,6-8,11-13H2,1-5H3/b15-9+,16-10+,17-14-/t18-,19?/m1/s1. The molecule has 2 nitrogen and oxygen atoms in total. The molecule has 0 aliphatic heterocycles. The van der Waals surface area contributed by atoms with Crippen molar-refractivity contribution in [2.45, 2.75) is 84.8 Å². The Bertz CT molecular complexity index is 435. The number of rotatable bonds is 1. The molecule has 0 aromatic heterocycles. The summed E-state index contributed by atoms with van der Waals surface area (Å²) in [5.74, 6) is -0.133. The van der Waals surface area contributed by atoms with Crippen LogP contribution in [-0.4, -0.2) is 21.9 Å². The Morgan fingerprint density at radius 2 is 1.41 bits per heavy atom. The summed E-state index contributed by atoms with van der Waals surface area (Å²) in [5, 5.41) is 21.0. The molecule has 0 saturated carbocycles. The summed E-state index contributed by atoms with van der Waals surface area (Å²) >= 11 is 0. The van der Waals surface area contributed by atoms with Gasteiger partial charge >= 0.3 is 0 Å². The second kappa shape index (κ2) is 8.69. The van der Waals surface area contributed by atoms with Crippen molar-refractivity contribution in [2.24, 2.45) is 5.92 Å². The summed E-state index contributed by atoms with van der Waals surface area (Å²) in [6.45, 7) is 10.0. The topological polar surface area (TPSA) is 40.5 Å². The normalized spacial score (nSPS) is 33.7. The molecule has 2 atom stereocenters. The number of aliphatic hydroxyl groups is 2. The van der Waals surface area contributed by atoms with Crippen molar-refractivity contribution in [2.75, 3.05) is 0 Å². The number of allylic oxidation sites excluding steroid dienone is 5. The van der Waals surface area contributed by atoms with E-state index in [1.165, 1.54) is 16.7 Å². The van der Waals surface area contributed by atoms with Crippen LogP contribution < -0.4 is 0 Å². The minimum atomic E-state index is -0.871. The molecule has 1 aliphatic rings. The summed E-state index contributed by atoms with van der Waals surface area (Å²) < 4.78 is 0. The van der Waals surface area contributed by atoms with Gasteiger partial charge in [-0.25, -0.2) is 0 Å². The second-order valence-corrected chi connectivity index (χ2v) is 7.48. The molecule has 0 fully saturated rings. The maximum Gasteiger partial charge on any atom is 0.0778 e. The Balaban J connectivity index is 2.96. The molecule has 0 aromatic rings. The molecule has 22 heavy (non-hydrogen) atoms. The van der Waals surface area contributed by atoms with Crippen molar-refractivity contribution in [3.8, 4) is 0 Å². The van der Waals surface area contributed by atoms with Gasteiger partial charge in [0.15, 0.2) is 0 Å². The molecule has 1 aliphatic carbocycles. The Hall–Kier alpha value is -0.860. The van der Waals surface area contributed by atoms with E-state index in [1.54, 1.807) is 13.8 Å². The van der Waals surface area contributed by atoms with Crippen LogP contribution in [0, 0.1) is 5.92 Å². The smallest absolute Gasteiger partial charge is 0.0778 e. The van der Waals surface area contributed by atoms with Gasteiger partial charge in [-0.3, -0.25) is 0 Å². The molecule has 1 rings (SSSR count). The van der Waals surface area contributed by atoms with Gasteiger partial charge in [-0.2, -0.15) is 0 Å². The zero-order chi connectivity index (χ0) is 16.8. The average Bonchev–Trinajstić information content (AvgIpc) is 2.36. The van der Waals surface area contributed by atoms with Crippen molar-refractivity contribution in [1.29, 1.82) is 0 Å². The zero-order valence-corrected chi connectivity index (χ0v) is 15.0. The van der Waals surface area contributed by atoms with Crippen LogP contribution in [0.4, 0.5) is 0 Å². The predicted molar refractivity (Wildman–Crippen MR) is 94.8 cm³/mol. The fourth-order valence-corrected chi connectivity index (χ4v) is 3.11. The summed E-state index contributed by atoms with van der Waals surface area (Å²) in [6.07, 6.45) is 11.9. The van der Waals surface area contributed by atoms with Crippen LogP contribution in [0.2, 0.25) is 0 Å². The average molecular weight is 306 g/mol. The van der Waals surface area contributed by atoms with E-state index in [2.05, 4.69) is 32.9 Å². The molecular weight excluding hydrogens is 272 g/mol. The molecule has 126 valence electrons. The number of hydrogen-bond donors (Lipinski definition) is 2. The van der Waals surface area contributed by atoms with Crippen LogP contribution in [0.15, 0.2) is 34.9 Å². The second-order valence-electron chi connectivity index (χ2n) is 7.48. The number of hydrogen-bond acceptors (Lipinski definition) is 2. The van der Waals surface area contributed by atoms with Gasteiger partial charge < -0.3 is 10.2 Å². The molecule has 0 radical (unpaired) electrons. The largest absolute Gasteiger partial charge is 0.390 e. The fourth-order valence-electron chi connectivity index (χ4n) is 3.11. The van der Waals surface area contributed by atoms with E-state index in [0.29, 0.717) is 0 Å². The molecule has 2 N–H and O–H groups in total. The third-order valence-corrected chi connectivity index (χ3v) is 4.69. The van der Waals surface area contributed by atoms with Gasteiger partial charge in [0.05, 0.1) is 11.7 Å². The summed E-state index contributed by atoms with van der Waals surface area (Å²) in [4.78, 5) is 0. The Labute approximate surface area is 136 Å². The molecule has 0 bridgehead atoms.